The van der Waals surface area contributed by atoms with Crippen LogP contribution in [0.5, 0.6) is 0 Å². The van der Waals surface area contributed by atoms with Crippen molar-refractivity contribution >= 4 is 17.7 Å². The quantitative estimate of drug-likeness (QED) is 0.826. The number of hydrogen-bond donors (Lipinski definition) is 2. The highest BCUT2D eigenvalue weighted by molar-refractivity contribution is 6.13. The van der Waals surface area contributed by atoms with Crippen molar-refractivity contribution < 1.29 is 19.5 Å². The van der Waals surface area contributed by atoms with Gasteiger partial charge in [0.2, 0.25) is 5.78 Å². The van der Waals surface area contributed by atoms with E-state index >= 15 is 0 Å². The fourth-order valence-electron chi connectivity index (χ4n) is 3.21. The van der Waals surface area contributed by atoms with Crippen molar-refractivity contribution in [2.75, 3.05) is 13.1 Å². The van der Waals surface area contributed by atoms with Gasteiger partial charge in [0.05, 0.1) is 12.2 Å². The van der Waals surface area contributed by atoms with Crippen LogP contribution in [-0.2, 0) is 4.79 Å². The molecule has 1 saturated heterocycles. The van der Waals surface area contributed by atoms with Crippen molar-refractivity contribution in [3.63, 3.8) is 0 Å². The van der Waals surface area contributed by atoms with Crippen LogP contribution in [0.4, 0.5) is 0 Å². The molecule has 2 atom stereocenters. The summed E-state index contributed by atoms with van der Waals surface area (Å²) in [6.07, 6.45) is 1.85. The topological polar surface area (TPSA) is 103 Å². The Balaban J connectivity index is 1.85. The minimum atomic E-state index is -0.908. The normalized spacial score (nSPS) is 20.3. The molecule has 2 heterocycles. The van der Waals surface area contributed by atoms with E-state index in [1.165, 1.54) is 11.2 Å². The van der Waals surface area contributed by atoms with E-state index in [0.29, 0.717) is 18.5 Å². The number of piperidine rings is 1. The zero-order valence-electron chi connectivity index (χ0n) is 13.8. The number of imidazole rings is 1. The van der Waals surface area contributed by atoms with Gasteiger partial charge in [-0.25, -0.2) is 4.98 Å². The number of carbonyl (C=O) groups is 3. The van der Waals surface area contributed by atoms with E-state index in [1.54, 1.807) is 30.3 Å². The molecule has 0 radical (unpaired) electrons. The van der Waals surface area contributed by atoms with Gasteiger partial charge in [0.1, 0.15) is 11.4 Å². The first-order valence-electron chi connectivity index (χ1n) is 8.12. The maximum atomic E-state index is 12.8. The number of carboxylic acids is 1. The van der Waals surface area contributed by atoms with Crippen LogP contribution in [0.3, 0.4) is 0 Å². The molecule has 3 rings (SSSR count). The molecular weight excluding hydrogens is 322 g/mol. The molecule has 7 nitrogen and oxygen atoms in total. The zero-order valence-corrected chi connectivity index (χ0v) is 13.8. The van der Waals surface area contributed by atoms with Crippen molar-refractivity contribution in [1.82, 2.24) is 14.9 Å². The Hall–Kier alpha value is -2.96. The molecule has 0 aliphatic carbocycles. The highest BCUT2D eigenvalue weighted by Gasteiger charge is 2.34. The number of nitrogens with one attached hydrogen (secondary N) is 1. The van der Waals surface area contributed by atoms with E-state index < -0.39 is 17.8 Å². The van der Waals surface area contributed by atoms with E-state index in [9.17, 15) is 19.5 Å². The molecule has 0 saturated carbocycles. The van der Waals surface area contributed by atoms with E-state index in [2.05, 4.69) is 9.97 Å². The standard InChI is InChI=1S/C18H19N3O4/c1-11-7-13(18(24)25)9-21(8-11)17(23)15-14(19-10-20-15)16(22)12-5-3-2-4-6-12/h2-6,10-11,13H,7-9H2,1H3,(H,19,20)(H,24,25). The summed E-state index contributed by atoms with van der Waals surface area (Å²) in [5, 5.41) is 9.27. The fourth-order valence-corrected chi connectivity index (χ4v) is 3.21. The van der Waals surface area contributed by atoms with Gasteiger partial charge >= 0.3 is 5.97 Å². The maximum absolute atomic E-state index is 12.8. The molecule has 7 heteroatoms. The van der Waals surface area contributed by atoms with E-state index in [4.69, 9.17) is 0 Å². The second-order valence-electron chi connectivity index (χ2n) is 6.41. The van der Waals surface area contributed by atoms with Crippen LogP contribution >= 0.6 is 0 Å². The lowest BCUT2D eigenvalue weighted by Crippen LogP contribution is -2.46. The molecule has 1 aromatic heterocycles. The summed E-state index contributed by atoms with van der Waals surface area (Å²) in [5.74, 6) is -2.16. The minimum absolute atomic E-state index is 0.0568. The van der Waals surface area contributed by atoms with E-state index in [1.807, 2.05) is 6.92 Å². The number of aliphatic carboxylic acids is 1. The van der Waals surface area contributed by atoms with Gasteiger partial charge in [-0.3, -0.25) is 14.4 Å². The number of nitrogens with zero attached hydrogens (tertiary/aromatic N) is 2. The number of hydrogen-bond acceptors (Lipinski definition) is 4. The number of amides is 1. The summed E-state index contributed by atoms with van der Waals surface area (Å²) in [6.45, 7) is 2.51. The molecule has 0 bridgehead atoms. The Morgan fingerprint density at radius 2 is 1.92 bits per heavy atom. The number of ketones is 1. The van der Waals surface area contributed by atoms with E-state index in [-0.39, 0.29) is 29.6 Å². The van der Waals surface area contributed by atoms with Crippen LogP contribution < -0.4 is 0 Å². The van der Waals surface area contributed by atoms with Gasteiger partial charge in [0, 0.05) is 18.7 Å². The highest BCUT2D eigenvalue weighted by Crippen LogP contribution is 2.24. The maximum Gasteiger partial charge on any atom is 0.308 e. The summed E-state index contributed by atoms with van der Waals surface area (Å²) in [5.41, 5.74) is 0.604. The molecule has 1 amide bonds. The molecule has 1 fully saturated rings. The first-order valence-corrected chi connectivity index (χ1v) is 8.12. The Kier molecular flexibility index (Phi) is 4.65. The lowest BCUT2D eigenvalue weighted by Gasteiger charge is -2.34. The van der Waals surface area contributed by atoms with Gasteiger partial charge in [0.25, 0.3) is 5.91 Å². The Bertz CT molecular complexity index is 800. The zero-order chi connectivity index (χ0) is 18.0. The summed E-state index contributed by atoms with van der Waals surface area (Å²) >= 11 is 0. The second kappa shape index (κ2) is 6.88. The summed E-state index contributed by atoms with van der Waals surface area (Å²) < 4.78 is 0. The fraction of sp³-hybridized carbons (Fsp3) is 0.333. The summed E-state index contributed by atoms with van der Waals surface area (Å²) in [6, 6.07) is 8.61. The summed E-state index contributed by atoms with van der Waals surface area (Å²) in [4.78, 5) is 45.0. The Labute approximate surface area is 144 Å². The first-order chi connectivity index (χ1) is 12.0. The number of likely N-dealkylation sites (tertiary alicyclic amines) is 1. The average molecular weight is 341 g/mol. The number of aromatic nitrogens is 2. The van der Waals surface area contributed by atoms with Crippen LogP contribution in [0.2, 0.25) is 0 Å². The largest absolute Gasteiger partial charge is 0.481 e. The van der Waals surface area contributed by atoms with Crippen LogP contribution in [0.15, 0.2) is 36.7 Å². The molecule has 2 unspecified atom stereocenters. The number of H-pyrrole nitrogens is 1. The number of rotatable bonds is 4. The third-order valence-corrected chi connectivity index (χ3v) is 4.40. The van der Waals surface area contributed by atoms with Gasteiger partial charge in [0.15, 0.2) is 0 Å². The van der Waals surface area contributed by atoms with E-state index in [0.717, 1.165) is 0 Å². The predicted octanol–water partition coefficient (Wildman–Crippen LogP) is 1.82. The Morgan fingerprint density at radius 3 is 2.60 bits per heavy atom. The predicted molar refractivity (Wildman–Crippen MR) is 89.3 cm³/mol. The van der Waals surface area contributed by atoms with Crippen molar-refractivity contribution in [1.29, 1.82) is 0 Å². The molecular formula is C18H19N3O4. The number of carbonyl (C=O) groups excluding carboxylic acids is 2. The van der Waals surface area contributed by atoms with Gasteiger partial charge in [-0.1, -0.05) is 37.3 Å². The number of carboxylic acid groups (broad SMARTS) is 1. The van der Waals surface area contributed by atoms with Gasteiger partial charge < -0.3 is 15.0 Å². The van der Waals surface area contributed by atoms with Crippen molar-refractivity contribution in [3.8, 4) is 0 Å². The number of aromatic amines is 1. The average Bonchev–Trinajstić information content (AvgIpc) is 3.10. The second-order valence-corrected chi connectivity index (χ2v) is 6.41. The first kappa shape index (κ1) is 16.9. The smallest absolute Gasteiger partial charge is 0.308 e. The molecule has 1 aliphatic heterocycles. The molecule has 1 aliphatic rings. The molecule has 2 N–H and O–H groups in total. The molecule has 0 spiro atoms. The third-order valence-electron chi connectivity index (χ3n) is 4.40. The lowest BCUT2D eigenvalue weighted by molar-refractivity contribution is -0.143. The lowest BCUT2D eigenvalue weighted by atomic mass is 9.90. The monoisotopic (exact) mass is 341 g/mol. The molecule has 1 aromatic carbocycles. The van der Waals surface area contributed by atoms with Gasteiger partial charge in [-0.15, -0.1) is 0 Å². The van der Waals surface area contributed by atoms with Crippen molar-refractivity contribution in [2.24, 2.45) is 11.8 Å². The Morgan fingerprint density at radius 1 is 1.20 bits per heavy atom. The van der Waals surface area contributed by atoms with Crippen LogP contribution in [0, 0.1) is 11.8 Å². The van der Waals surface area contributed by atoms with Crippen molar-refractivity contribution in [3.05, 3.63) is 53.6 Å². The van der Waals surface area contributed by atoms with Crippen LogP contribution in [0.1, 0.15) is 39.9 Å². The number of benzene rings is 1. The highest BCUT2D eigenvalue weighted by atomic mass is 16.4. The van der Waals surface area contributed by atoms with Gasteiger partial charge in [-0.05, 0) is 12.3 Å². The molecule has 130 valence electrons. The molecule has 25 heavy (non-hydrogen) atoms. The van der Waals surface area contributed by atoms with Crippen LogP contribution in [-0.4, -0.2) is 50.7 Å². The minimum Gasteiger partial charge on any atom is -0.481 e. The SMILES string of the molecule is CC1CC(C(=O)O)CN(C(=O)c2[nH]cnc2C(=O)c2ccccc2)C1. The van der Waals surface area contributed by atoms with Gasteiger partial charge in [-0.2, -0.15) is 0 Å². The summed E-state index contributed by atoms with van der Waals surface area (Å²) in [7, 11) is 0. The molecule has 2 aromatic rings. The van der Waals surface area contributed by atoms with Crippen molar-refractivity contribution in [2.45, 2.75) is 13.3 Å². The van der Waals surface area contributed by atoms with Crippen LogP contribution in [0.25, 0.3) is 0 Å². The third kappa shape index (κ3) is 3.45.